The van der Waals surface area contributed by atoms with Gasteiger partial charge in [-0.15, -0.1) is 0 Å². The highest BCUT2D eigenvalue weighted by Gasteiger charge is 2.13. The third-order valence-corrected chi connectivity index (χ3v) is 2.12. The van der Waals surface area contributed by atoms with Crippen LogP contribution >= 0.6 is 11.6 Å². The second-order valence-corrected chi connectivity index (χ2v) is 3.34. The van der Waals surface area contributed by atoms with Gasteiger partial charge in [-0.3, -0.25) is 4.79 Å². The quantitative estimate of drug-likeness (QED) is 0.364. The SMILES string of the molecule is O=C(/C=C(\[O-])c1cc(F)c(Cl)c(F)c1)C(F)F. The second kappa shape index (κ2) is 5.18. The minimum Gasteiger partial charge on any atom is -0.872 e. The van der Waals surface area contributed by atoms with Crippen LogP contribution in [0.4, 0.5) is 17.6 Å². The van der Waals surface area contributed by atoms with E-state index in [0.29, 0.717) is 12.1 Å². The maximum Gasteiger partial charge on any atom is 0.299 e. The van der Waals surface area contributed by atoms with E-state index in [1.54, 1.807) is 0 Å². The molecule has 0 saturated carbocycles. The van der Waals surface area contributed by atoms with Crippen molar-refractivity contribution in [3.63, 3.8) is 0 Å². The predicted octanol–water partition coefficient (Wildman–Crippen LogP) is 2.15. The van der Waals surface area contributed by atoms with Crippen LogP contribution in [0.1, 0.15) is 5.56 Å². The fourth-order valence-electron chi connectivity index (χ4n) is 0.973. The van der Waals surface area contributed by atoms with Crippen molar-refractivity contribution in [2.24, 2.45) is 0 Å². The molecule has 0 fully saturated rings. The minimum atomic E-state index is -3.35. The lowest BCUT2D eigenvalue weighted by Crippen LogP contribution is -2.11. The molecule has 0 radical (unpaired) electrons. The summed E-state index contributed by atoms with van der Waals surface area (Å²) in [4.78, 5) is 10.5. The van der Waals surface area contributed by atoms with Gasteiger partial charge in [0.1, 0.15) is 16.7 Å². The Kier molecular flexibility index (Phi) is 4.11. The van der Waals surface area contributed by atoms with E-state index in [1.165, 1.54) is 0 Å². The van der Waals surface area contributed by atoms with E-state index in [-0.39, 0.29) is 6.08 Å². The maximum absolute atomic E-state index is 12.9. The summed E-state index contributed by atoms with van der Waals surface area (Å²) >= 11 is 5.15. The molecule has 0 aliphatic carbocycles. The summed E-state index contributed by atoms with van der Waals surface area (Å²) < 4.78 is 49.5. The van der Waals surface area contributed by atoms with E-state index in [1.807, 2.05) is 0 Å². The molecule has 0 aliphatic heterocycles. The molecule has 0 aromatic heterocycles. The Morgan fingerprint density at radius 3 is 2.18 bits per heavy atom. The number of carbonyl (C=O) groups is 1. The zero-order valence-electron chi connectivity index (χ0n) is 8.02. The van der Waals surface area contributed by atoms with Gasteiger partial charge in [-0.1, -0.05) is 17.4 Å². The van der Waals surface area contributed by atoms with Crippen LogP contribution in [0.5, 0.6) is 0 Å². The molecule has 0 spiro atoms. The van der Waals surface area contributed by atoms with Crippen LogP contribution in [-0.4, -0.2) is 12.2 Å². The molecule has 0 bridgehead atoms. The number of carbonyl (C=O) groups excluding carboxylic acids is 1. The molecule has 92 valence electrons. The topological polar surface area (TPSA) is 40.1 Å². The van der Waals surface area contributed by atoms with E-state index in [0.717, 1.165) is 0 Å². The number of ketones is 1. The first-order valence-corrected chi connectivity index (χ1v) is 4.56. The van der Waals surface area contributed by atoms with Crippen molar-refractivity contribution in [1.29, 1.82) is 0 Å². The lowest BCUT2D eigenvalue weighted by atomic mass is 10.1. The van der Waals surface area contributed by atoms with Gasteiger partial charge < -0.3 is 5.11 Å². The highest BCUT2D eigenvalue weighted by atomic mass is 35.5. The maximum atomic E-state index is 12.9. The molecule has 0 N–H and O–H groups in total. The summed E-state index contributed by atoms with van der Waals surface area (Å²) in [5, 5.41) is 10.4. The van der Waals surface area contributed by atoms with E-state index >= 15 is 0 Å². The normalized spacial score (nSPS) is 12.0. The van der Waals surface area contributed by atoms with Crippen molar-refractivity contribution in [3.05, 3.63) is 40.4 Å². The molecule has 0 aliphatic rings. The number of halogens is 5. The van der Waals surface area contributed by atoms with Gasteiger partial charge in [-0.05, 0) is 23.8 Å². The Hall–Kier alpha value is -1.56. The molecular weight excluding hydrogens is 264 g/mol. The molecule has 1 aromatic carbocycles. The number of hydrogen-bond acceptors (Lipinski definition) is 2. The van der Waals surface area contributed by atoms with Crippen LogP contribution in [0.3, 0.4) is 0 Å². The first kappa shape index (κ1) is 13.5. The van der Waals surface area contributed by atoms with Crippen LogP contribution in [0.25, 0.3) is 5.76 Å². The number of hydrogen-bond donors (Lipinski definition) is 0. The summed E-state index contributed by atoms with van der Waals surface area (Å²) in [6.45, 7) is 0. The Morgan fingerprint density at radius 1 is 1.29 bits per heavy atom. The van der Waals surface area contributed by atoms with Gasteiger partial charge in [-0.25, -0.2) is 17.6 Å². The monoisotopic (exact) mass is 267 g/mol. The highest BCUT2D eigenvalue weighted by Crippen LogP contribution is 2.22. The fraction of sp³-hybridized carbons (Fsp3) is 0.100. The smallest absolute Gasteiger partial charge is 0.299 e. The highest BCUT2D eigenvalue weighted by molar-refractivity contribution is 6.30. The van der Waals surface area contributed by atoms with Gasteiger partial charge >= 0.3 is 0 Å². The number of rotatable bonds is 3. The van der Waals surface area contributed by atoms with Gasteiger partial charge in [-0.2, -0.15) is 0 Å². The van der Waals surface area contributed by atoms with Gasteiger partial charge in [0.15, 0.2) is 0 Å². The van der Waals surface area contributed by atoms with E-state index in [9.17, 15) is 27.5 Å². The molecule has 7 heteroatoms. The van der Waals surface area contributed by atoms with E-state index in [2.05, 4.69) is 0 Å². The fourth-order valence-corrected chi connectivity index (χ4v) is 1.08. The second-order valence-electron chi connectivity index (χ2n) is 2.97. The lowest BCUT2D eigenvalue weighted by molar-refractivity contribution is -0.244. The summed E-state index contributed by atoms with van der Waals surface area (Å²) in [7, 11) is 0. The largest absolute Gasteiger partial charge is 0.872 e. The molecule has 1 aromatic rings. The van der Waals surface area contributed by atoms with Crippen molar-refractivity contribution in [2.75, 3.05) is 0 Å². The molecule has 2 nitrogen and oxygen atoms in total. The van der Waals surface area contributed by atoms with E-state index in [4.69, 9.17) is 11.6 Å². The van der Waals surface area contributed by atoms with Crippen molar-refractivity contribution >= 4 is 23.1 Å². The van der Waals surface area contributed by atoms with Crippen LogP contribution in [-0.2, 0) is 4.79 Å². The zero-order chi connectivity index (χ0) is 13.2. The van der Waals surface area contributed by atoms with Gasteiger partial charge in [0.25, 0.3) is 6.43 Å². The van der Waals surface area contributed by atoms with Crippen molar-refractivity contribution in [2.45, 2.75) is 6.43 Å². The Balaban J connectivity index is 3.13. The van der Waals surface area contributed by atoms with Gasteiger partial charge in [0.2, 0.25) is 5.78 Å². The average molecular weight is 268 g/mol. The van der Waals surface area contributed by atoms with Crippen LogP contribution in [0.15, 0.2) is 18.2 Å². The number of benzene rings is 1. The third kappa shape index (κ3) is 3.20. The first-order valence-electron chi connectivity index (χ1n) is 4.18. The third-order valence-electron chi connectivity index (χ3n) is 1.76. The molecule has 0 heterocycles. The summed E-state index contributed by atoms with van der Waals surface area (Å²) in [6, 6.07) is 1.12. The summed E-state index contributed by atoms with van der Waals surface area (Å²) in [5.41, 5.74) is -0.571. The van der Waals surface area contributed by atoms with Crippen LogP contribution in [0.2, 0.25) is 5.02 Å². The molecular formula is C10H4ClF4O2-. The number of alkyl halides is 2. The zero-order valence-corrected chi connectivity index (χ0v) is 8.77. The predicted molar refractivity (Wildman–Crippen MR) is 50.4 cm³/mol. The molecule has 0 saturated heterocycles. The molecule has 0 amide bonds. The average Bonchev–Trinajstić information content (AvgIpc) is 2.24. The minimum absolute atomic E-state index is 0.0762. The van der Waals surface area contributed by atoms with Crippen molar-refractivity contribution < 1.29 is 27.5 Å². The lowest BCUT2D eigenvalue weighted by Gasteiger charge is -2.12. The Bertz CT molecular complexity index is 462. The summed E-state index contributed by atoms with van der Waals surface area (Å²) in [6.07, 6.45) is -3.27. The number of allylic oxidation sites excluding steroid dienone is 1. The van der Waals surface area contributed by atoms with Gasteiger partial charge in [0.05, 0.1) is 0 Å². The Labute approximate surface area is 98.1 Å². The van der Waals surface area contributed by atoms with Crippen LogP contribution < -0.4 is 5.11 Å². The molecule has 0 unspecified atom stereocenters. The Morgan fingerprint density at radius 2 is 1.76 bits per heavy atom. The van der Waals surface area contributed by atoms with Crippen LogP contribution in [0, 0.1) is 11.6 Å². The van der Waals surface area contributed by atoms with Crippen molar-refractivity contribution in [1.82, 2.24) is 0 Å². The molecule has 0 atom stereocenters. The van der Waals surface area contributed by atoms with Gasteiger partial charge in [0, 0.05) is 0 Å². The van der Waals surface area contributed by atoms with Crippen molar-refractivity contribution in [3.8, 4) is 0 Å². The standard InChI is InChI=1S/C10H5ClF4O2/c11-9-5(12)1-4(2-6(9)13)7(16)3-8(17)10(14)15/h1-3,10,16H/p-1/b7-3-. The molecule has 1 rings (SSSR count). The summed E-state index contributed by atoms with van der Waals surface area (Å²) in [5.74, 6) is -5.38. The van der Waals surface area contributed by atoms with E-state index < -0.39 is 40.2 Å². The molecule has 17 heavy (non-hydrogen) atoms. The first-order chi connectivity index (χ1) is 7.82.